The van der Waals surface area contributed by atoms with Gasteiger partial charge < -0.3 is 9.47 Å². The summed E-state index contributed by atoms with van der Waals surface area (Å²) >= 11 is 6.00. The van der Waals surface area contributed by atoms with Gasteiger partial charge >= 0.3 is 0 Å². The molecule has 3 rings (SSSR count). The summed E-state index contributed by atoms with van der Waals surface area (Å²) in [5.41, 5.74) is 0. The summed E-state index contributed by atoms with van der Waals surface area (Å²) in [5.74, 6) is 0.315. The Morgan fingerprint density at radius 3 is 2.84 bits per heavy atom. The first kappa shape index (κ1) is 12.7. The summed E-state index contributed by atoms with van der Waals surface area (Å²) < 4.78 is 36.3. The lowest BCUT2D eigenvalue weighted by atomic mass is 10.1. The number of ether oxygens (including phenoxy) is 2. The highest BCUT2D eigenvalue weighted by Crippen LogP contribution is 2.43. The summed E-state index contributed by atoms with van der Waals surface area (Å²) in [4.78, 5) is -1.53. The van der Waals surface area contributed by atoms with Crippen LogP contribution in [0.2, 0.25) is 5.02 Å². The van der Waals surface area contributed by atoms with Gasteiger partial charge in [-0.25, -0.2) is 8.42 Å². The maximum absolute atomic E-state index is 12.8. The number of fused-ring (bicyclic) bond motifs is 1. The Hall–Kier alpha value is -1.30. The van der Waals surface area contributed by atoms with Crippen molar-refractivity contribution in [2.24, 2.45) is 0 Å². The smallest absolute Gasteiger partial charge is 0.252 e. The Balaban J connectivity index is 2.21. The summed E-state index contributed by atoms with van der Waals surface area (Å²) in [5, 5.41) is 0.172. The molecule has 4 nitrogen and oxygen atoms in total. The van der Waals surface area contributed by atoms with Crippen LogP contribution < -0.4 is 0 Å². The third-order valence-corrected chi connectivity index (χ3v) is 5.76. The van der Waals surface area contributed by atoms with E-state index in [0.29, 0.717) is 12.2 Å². The summed E-state index contributed by atoms with van der Waals surface area (Å²) in [7, 11) is -3.83. The average Bonchev–Trinajstić information content (AvgIpc) is 2.84. The van der Waals surface area contributed by atoms with E-state index in [4.69, 9.17) is 21.1 Å². The van der Waals surface area contributed by atoms with Gasteiger partial charge in [0.2, 0.25) is 9.84 Å². The molecule has 0 amide bonds. The fourth-order valence-electron chi connectivity index (χ4n) is 2.21. The van der Waals surface area contributed by atoms with Crippen molar-refractivity contribution in [3.63, 3.8) is 0 Å². The summed E-state index contributed by atoms with van der Waals surface area (Å²) in [6.07, 6.45) is 5.60. The van der Waals surface area contributed by atoms with Crippen LogP contribution in [0, 0.1) is 0 Å². The topological polar surface area (TPSA) is 52.6 Å². The highest BCUT2D eigenvalue weighted by molar-refractivity contribution is 7.93. The average molecular weight is 299 g/mol. The molecule has 0 saturated carbocycles. The first-order valence-electron chi connectivity index (χ1n) is 5.72. The number of hydrogen-bond donors (Lipinski definition) is 0. The van der Waals surface area contributed by atoms with Gasteiger partial charge in [0.15, 0.2) is 6.79 Å². The van der Waals surface area contributed by atoms with Crippen LogP contribution in [-0.2, 0) is 19.3 Å². The van der Waals surface area contributed by atoms with E-state index < -0.39 is 14.8 Å². The van der Waals surface area contributed by atoms with Crippen LogP contribution in [-0.4, -0.2) is 20.1 Å². The van der Waals surface area contributed by atoms with Crippen LogP contribution in [0.5, 0.6) is 0 Å². The number of halogens is 1. The van der Waals surface area contributed by atoms with Gasteiger partial charge in [0.05, 0.1) is 9.92 Å². The number of rotatable bonds is 2. The van der Waals surface area contributed by atoms with Crippen molar-refractivity contribution in [2.45, 2.75) is 16.2 Å². The van der Waals surface area contributed by atoms with Crippen molar-refractivity contribution in [2.75, 3.05) is 6.79 Å². The largest absolute Gasteiger partial charge is 0.468 e. The molecular formula is C13H11ClO4S. The van der Waals surface area contributed by atoms with Gasteiger partial charge in [-0.2, -0.15) is 0 Å². The lowest BCUT2D eigenvalue weighted by molar-refractivity contribution is 0.0490. The zero-order chi connectivity index (χ0) is 13.5. The Labute approximate surface area is 116 Å². The van der Waals surface area contributed by atoms with E-state index >= 15 is 0 Å². The minimum absolute atomic E-state index is 0.0413. The third kappa shape index (κ3) is 1.73. The molecule has 19 heavy (non-hydrogen) atoms. The van der Waals surface area contributed by atoms with Gasteiger partial charge in [-0.15, -0.1) is 0 Å². The molecule has 1 aliphatic carbocycles. The van der Waals surface area contributed by atoms with Gasteiger partial charge in [0.25, 0.3) is 4.93 Å². The second-order valence-corrected chi connectivity index (χ2v) is 6.67. The molecular weight excluding hydrogens is 288 g/mol. The third-order valence-electron chi connectivity index (χ3n) is 3.13. The van der Waals surface area contributed by atoms with Crippen LogP contribution in [0.4, 0.5) is 0 Å². The lowest BCUT2D eigenvalue weighted by Crippen LogP contribution is -2.38. The Bertz CT molecular complexity index is 678. The van der Waals surface area contributed by atoms with E-state index in [0.717, 1.165) is 0 Å². The first-order valence-corrected chi connectivity index (χ1v) is 7.58. The highest BCUT2D eigenvalue weighted by atomic mass is 35.5. The predicted molar refractivity (Wildman–Crippen MR) is 70.2 cm³/mol. The molecule has 1 fully saturated rings. The van der Waals surface area contributed by atoms with E-state index in [1.54, 1.807) is 24.3 Å². The molecule has 1 aromatic carbocycles. The van der Waals surface area contributed by atoms with Gasteiger partial charge in [-0.05, 0) is 30.7 Å². The minimum Gasteiger partial charge on any atom is -0.468 e. The van der Waals surface area contributed by atoms with Crippen LogP contribution in [0.3, 0.4) is 0 Å². The molecule has 0 spiro atoms. The Morgan fingerprint density at radius 1 is 1.26 bits per heavy atom. The van der Waals surface area contributed by atoms with Crippen molar-refractivity contribution < 1.29 is 17.9 Å². The molecule has 0 aromatic heterocycles. The number of benzene rings is 1. The Morgan fingerprint density at radius 2 is 2.05 bits per heavy atom. The predicted octanol–water partition coefficient (Wildman–Crippen LogP) is 2.66. The molecule has 100 valence electrons. The van der Waals surface area contributed by atoms with Crippen LogP contribution >= 0.6 is 11.6 Å². The number of sulfone groups is 1. The van der Waals surface area contributed by atoms with Crippen molar-refractivity contribution in [1.29, 1.82) is 0 Å². The SMILES string of the molecule is O=S(=O)(c1ccccc1Cl)C12C=CCC=C1OCO2. The monoisotopic (exact) mass is 298 g/mol. The molecule has 1 atom stereocenters. The molecule has 6 heteroatoms. The highest BCUT2D eigenvalue weighted by Gasteiger charge is 2.53. The van der Waals surface area contributed by atoms with Gasteiger partial charge in [0, 0.05) is 0 Å². The van der Waals surface area contributed by atoms with E-state index in [-0.39, 0.29) is 16.7 Å². The van der Waals surface area contributed by atoms with Crippen LogP contribution in [0.1, 0.15) is 6.42 Å². The maximum Gasteiger partial charge on any atom is 0.252 e. The first-order chi connectivity index (χ1) is 9.08. The normalized spacial score (nSPS) is 25.6. The van der Waals surface area contributed by atoms with Crippen LogP contribution in [0.25, 0.3) is 0 Å². The lowest BCUT2D eigenvalue weighted by Gasteiger charge is -2.26. The fraction of sp³-hybridized carbons (Fsp3) is 0.231. The van der Waals surface area contributed by atoms with Crippen molar-refractivity contribution in [3.05, 3.63) is 53.3 Å². The van der Waals surface area contributed by atoms with E-state index in [1.165, 1.54) is 18.2 Å². The van der Waals surface area contributed by atoms with Crippen molar-refractivity contribution >= 4 is 21.4 Å². The Kier molecular flexibility index (Phi) is 2.92. The van der Waals surface area contributed by atoms with Gasteiger partial charge in [0.1, 0.15) is 5.76 Å². The van der Waals surface area contributed by atoms with E-state index in [9.17, 15) is 8.42 Å². The summed E-state index contributed by atoms with van der Waals surface area (Å²) in [6.45, 7) is -0.0835. The standard InChI is InChI=1S/C13H11ClO4S/c14-10-5-1-2-6-11(10)19(15,16)13-8-4-3-7-12(13)17-9-18-13/h1-2,4-8H,3,9H2. The molecule has 0 radical (unpaired) electrons. The fourth-order valence-corrected chi connectivity index (χ4v) is 4.44. The van der Waals surface area contributed by atoms with Crippen molar-refractivity contribution in [3.8, 4) is 0 Å². The zero-order valence-corrected chi connectivity index (χ0v) is 11.4. The molecule has 1 aromatic rings. The number of allylic oxidation sites excluding steroid dienone is 2. The number of hydrogen-bond acceptors (Lipinski definition) is 4. The molecule has 1 aliphatic heterocycles. The van der Waals surface area contributed by atoms with E-state index in [1.807, 2.05) is 0 Å². The van der Waals surface area contributed by atoms with Gasteiger partial charge in [-0.1, -0.05) is 29.8 Å². The minimum atomic E-state index is -3.83. The van der Waals surface area contributed by atoms with E-state index in [2.05, 4.69) is 0 Å². The van der Waals surface area contributed by atoms with Gasteiger partial charge in [-0.3, -0.25) is 0 Å². The second-order valence-electron chi connectivity index (χ2n) is 4.21. The maximum atomic E-state index is 12.8. The zero-order valence-electron chi connectivity index (χ0n) is 9.87. The summed E-state index contributed by atoms with van der Waals surface area (Å²) in [6, 6.07) is 6.31. The molecule has 1 heterocycles. The quantitative estimate of drug-likeness (QED) is 0.788. The second kappa shape index (κ2) is 4.37. The molecule has 0 N–H and O–H groups in total. The molecule has 1 unspecified atom stereocenters. The van der Waals surface area contributed by atoms with Crippen molar-refractivity contribution in [1.82, 2.24) is 0 Å². The molecule has 2 aliphatic rings. The molecule has 1 saturated heterocycles. The van der Waals surface area contributed by atoms with Crippen LogP contribution in [0.15, 0.2) is 53.1 Å². The molecule has 0 bridgehead atoms.